The number of nitro benzene ring substituents is 1. The fraction of sp³-hybridized carbons (Fsp3) is 0.632. The Morgan fingerprint density at radius 2 is 1.93 bits per heavy atom. The van der Waals surface area contributed by atoms with Crippen LogP contribution < -0.4 is 10.0 Å². The van der Waals surface area contributed by atoms with Gasteiger partial charge < -0.3 is 10.2 Å². The van der Waals surface area contributed by atoms with Crippen molar-refractivity contribution in [1.82, 2.24) is 9.62 Å². The second kappa shape index (κ2) is 9.53. The summed E-state index contributed by atoms with van der Waals surface area (Å²) in [6, 6.07) is 3.82. The molecule has 9 nitrogen and oxygen atoms in total. The Hall–Kier alpha value is -2.20. The minimum absolute atomic E-state index is 0.153. The summed E-state index contributed by atoms with van der Waals surface area (Å²) in [6.07, 6.45) is 4.22. The first-order valence-electron chi connectivity index (χ1n) is 9.84. The van der Waals surface area contributed by atoms with E-state index in [1.807, 2.05) is 4.90 Å². The van der Waals surface area contributed by atoms with Crippen molar-refractivity contribution < 1.29 is 18.1 Å². The fourth-order valence-electron chi connectivity index (χ4n) is 3.21. The van der Waals surface area contributed by atoms with Crippen LogP contribution in [0, 0.1) is 10.1 Å². The normalized spacial score (nSPS) is 15.8. The molecule has 1 aromatic rings. The summed E-state index contributed by atoms with van der Waals surface area (Å²) in [6.45, 7) is 6.89. The summed E-state index contributed by atoms with van der Waals surface area (Å²) in [5.41, 5.74) is -0.741. The molecule has 2 rings (SSSR count). The summed E-state index contributed by atoms with van der Waals surface area (Å²) >= 11 is 0. The van der Waals surface area contributed by atoms with Crippen molar-refractivity contribution in [2.75, 3.05) is 25.0 Å². The summed E-state index contributed by atoms with van der Waals surface area (Å²) < 4.78 is 27.4. The molecule has 0 saturated carbocycles. The molecule has 0 atom stereocenters. The molecule has 1 amide bonds. The van der Waals surface area contributed by atoms with Gasteiger partial charge in [0.15, 0.2) is 0 Å². The van der Waals surface area contributed by atoms with E-state index in [-0.39, 0.29) is 22.2 Å². The Labute approximate surface area is 172 Å². The fourth-order valence-corrected chi connectivity index (χ4v) is 4.65. The molecule has 0 radical (unpaired) electrons. The Morgan fingerprint density at radius 1 is 1.21 bits per heavy atom. The number of amides is 1. The van der Waals surface area contributed by atoms with Crippen molar-refractivity contribution in [3.63, 3.8) is 0 Å². The molecule has 2 N–H and O–H groups in total. The van der Waals surface area contributed by atoms with Gasteiger partial charge in [-0.25, -0.2) is 13.1 Å². The molecule has 0 aromatic heterocycles. The van der Waals surface area contributed by atoms with Gasteiger partial charge in [0.05, 0.1) is 9.82 Å². The van der Waals surface area contributed by atoms with Gasteiger partial charge >= 0.3 is 0 Å². The third kappa shape index (κ3) is 6.97. The number of carbonyl (C=O) groups excluding carboxylic acids is 1. The molecular formula is C19H30N4O5S. The number of nitro groups is 1. The maximum Gasteiger partial charge on any atom is 0.293 e. The topological polar surface area (TPSA) is 122 Å². The van der Waals surface area contributed by atoms with Crippen LogP contribution in [-0.2, 0) is 14.8 Å². The van der Waals surface area contributed by atoms with E-state index in [1.54, 1.807) is 20.8 Å². The predicted molar refractivity (Wildman–Crippen MR) is 111 cm³/mol. The highest BCUT2D eigenvalue weighted by Gasteiger charge is 2.25. The molecule has 1 aliphatic rings. The van der Waals surface area contributed by atoms with E-state index in [2.05, 4.69) is 10.0 Å². The number of carbonyl (C=O) groups is 1. The molecule has 162 valence electrons. The Bertz CT molecular complexity index is 849. The lowest BCUT2D eigenvalue weighted by Gasteiger charge is -2.21. The smallest absolute Gasteiger partial charge is 0.293 e. The van der Waals surface area contributed by atoms with Crippen LogP contribution in [0.2, 0.25) is 0 Å². The van der Waals surface area contributed by atoms with Gasteiger partial charge in [0.25, 0.3) is 5.69 Å². The average Bonchev–Trinajstić information content (AvgIpc) is 2.81. The monoisotopic (exact) mass is 426 g/mol. The van der Waals surface area contributed by atoms with Gasteiger partial charge in [-0.15, -0.1) is 0 Å². The SMILES string of the molecule is CC(C)(C)NS(=O)(=O)c1ccc(NCCCN2CCCCCC2=O)c([N+](=O)[O-])c1. The zero-order valence-electron chi connectivity index (χ0n) is 17.2. The third-order valence-corrected chi connectivity index (χ3v) is 6.26. The number of sulfonamides is 1. The van der Waals surface area contributed by atoms with Crippen LogP contribution >= 0.6 is 0 Å². The zero-order valence-corrected chi connectivity index (χ0v) is 18.0. The van der Waals surface area contributed by atoms with Crippen molar-refractivity contribution in [1.29, 1.82) is 0 Å². The molecule has 1 aliphatic heterocycles. The highest BCUT2D eigenvalue weighted by molar-refractivity contribution is 7.89. The van der Waals surface area contributed by atoms with Crippen LogP contribution in [0.4, 0.5) is 11.4 Å². The van der Waals surface area contributed by atoms with E-state index in [0.717, 1.165) is 31.9 Å². The predicted octanol–water partition coefficient (Wildman–Crippen LogP) is 2.88. The van der Waals surface area contributed by atoms with E-state index in [4.69, 9.17) is 0 Å². The van der Waals surface area contributed by atoms with Crippen molar-refractivity contribution >= 4 is 27.3 Å². The lowest BCUT2D eigenvalue weighted by molar-refractivity contribution is -0.384. The lowest BCUT2D eigenvalue weighted by atomic mass is 10.1. The molecule has 10 heteroatoms. The molecule has 1 heterocycles. The number of benzene rings is 1. The summed E-state index contributed by atoms with van der Waals surface area (Å²) in [4.78, 5) is 24.5. The van der Waals surface area contributed by atoms with Gasteiger partial charge in [0.2, 0.25) is 15.9 Å². The van der Waals surface area contributed by atoms with Gasteiger partial charge in [-0.1, -0.05) is 6.42 Å². The van der Waals surface area contributed by atoms with E-state index in [1.165, 1.54) is 12.1 Å². The van der Waals surface area contributed by atoms with Crippen LogP contribution in [0.1, 0.15) is 52.9 Å². The molecule has 1 saturated heterocycles. The van der Waals surface area contributed by atoms with E-state index in [0.29, 0.717) is 25.9 Å². The van der Waals surface area contributed by atoms with E-state index in [9.17, 15) is 23.3 Å². The first-order chi connectivity index (χ1) is 13.5. The van der Waals surface area contributed by atoms with E-state index < -0.39 is 20.5 Å². The average molecular weight is 427 g/mol. The van der Waals surface area contributed by atoms with Crippen LogP contribution in [0.15, 0.2) is 23.1 Å². The van der Waals surface area contributed by atoms with Crippen LogP contribution in [0.5, 0.6) is 0 Å². The molecule has 0 spiro atoms. The molecule has 29 heavy (non-hydrogen) atoms. The van der Waals surface area contributed by atoms with Crippen LogP contribution in [0.25, 0.3) is 0 Å². The minimum atomic E-state index is -3.87. The highest BCUT2D eigenvalue weighted by atomic mass is 32.2. The standard InChI is InChI=1S/C19H30N4O5S/c1-19(2,3)21-29(27,28)15-9-10-16(17(14-15)23(25)26)20-11-7-13-22-12-6-4-5-8-18(22)24/h9-10,14,20-21H,4-8,11-13H2,1-3H3. The van der Waals surface area contributed by atoms with Crippen molar-refractivity contribution in [3.8, 4) is 0 Å². The Kier molecular flexibility index (Phi) is 7.59. The first-order valence-corrected chi connectivity index (χ1v) is 11.3. The molecular weight excluding hydrogens is 396 g/mol. The first kappa shape index (κ1) is 23.1. The quantitative estimate of drug-likeness (QED) is 0.374. The number of anilines is 1. The van der Waals surface area contributed by atoms with Gasteiger partial charge in [0, 0.05) is 37.7 Å². The number of nitrogens with zero attached hydrogens (tertiary/aromatic N) is 2. The van der Waals surface area contributed by atoms with Crippen molar-refractivity contribution in [3.05, 3.63) is 28.3 Å². The van der Waals surface area contributed by atoms with Crippen molar-refractivity contribution in [2.24, 2.45) is 0 Å². The molecule has 0 unspecified atom stereocenters. The Balaban J connectivity index is 2.03. The second-order valence-electron chi connectivity index (χ2n) is 8.26. The summed E-state index contributed by atoms with van der Waals surface area (Å²) in [7, 11) is -3.87. The summed E-state index contributed by atoms with van der Waals surface area (Å²) in [5, 5.41) is 14.4. The Morgan fingerprint density at radius 3 is 2.59 bits per heavy atom. The van der Waals surface area contributed by atoms with Crippen molar-refractivity contribution in [2.45, 2.75) is 63.3 Å². The number of nitrogens with one attached hydrogen (secondary N) is 2. The number of rotatable bonds is 8. The number of likely N-dealkylation sites (tertiary alicyclic amines) is 1. The number of hydrogen-bond acceptors (Lipinski definition) is 6. The second-order valence-corrected chi connectivity index (χ2v) is 9.95. The minimum Gasteiger partial charge on any atom is -0.379 e. The maximum atomic E-state index is 12.4. The molecule has 1 aromatic carbocycles. The molecule has 0 aliphatic carbocycles. The molecule has 0 bridgehead atoms. The third-order valence-electron chi connectivity index (χ3n) is 4.51. The van der Waals surface area contributed by atoms with Gasteiger partial charge in [-0.3, -0.25) is 14.9 Å². The van der Waals surface area contributed by atoms with Gasteiger partial charge in [-0.05, 0) is 52.2 Å². The number of hydrogen-bond donors (Lipinski definition) is 2. The van der Waals surface area contributed by atoms with Crippen LogP contribution in [0.3, 0.4) is 0 Å². The molecule has 1 fully saturated rings. The van der Waals surface area contributed by atoms with E-state index >= 15 is 0 Å². The van der Waals surface area contributed by atoms with Crippen LogP contribution in [-0.4, -0.2) is 49.3 Å². The zero-order chi connectivity index (χ0) is 21.7. The highest BCUT2D eigenvalue weighted by Crippen LogP contribution is 2.28. The summed E-state index contributed by atoms with van der Waals surface area (Å²) in [5.74, 6) is 0.161. The van der Waals surface area contributed by atoms with Gasteiger partial charge in [0.1, 0.15) is 5.69 Å². The largest absolute Gasteiger partial charge is 0.379 e. The van der Waals surface area contributed by atoms with Gasteiger partial charge in [-0.2, -0.15) is 0 Å². The maximum absolute atomic E-state index is 12.4. The lowest BCUT2D eigenvalue weighted by Crippen LogP contribution is -2.40.